The molecular formula is C14H22N2OS. The first-order valence-electron chi connectivity index (χ1n) is 6.95. The molecular weight excluding hydrogens is 244 g/mol. The molecule has 3 nitrogen and oxygen atoms in total. The summed E-state index contributed by atoms with van der Waals surface area (Å²) in [6, 6.07) is 0.617. The Morgan fingerprint density at radius 1 is 1.44 bits per heavy atom. The van der Waals surface area contributed by atoms with Crippen LogP contribution >= 0.6 is 11.3 Å². The quantitative estimate of drug-likeness (QED) is 0.892. The summed E-state index contributed by atoms with van der Waals surface area (Å²) < 4.78 is 0. The molecule has 0 aromatic carbocycles. The van der Waals surface area contributed by atoms with E-state index in [4.69, 9.17) is 0 Å². The first kappa shape index (κ1) is 12.6. The number of fused-ring (bicyclic) bond motifs is 1. The SMILES string of the molecule is Cc1nc(CC2(O)CCN3CCCC3C2)sc1C. The fourth-order valence-electron chi connectivity index (χ4n) is 3.37. The summed E-state index contributed by atoms with van der Waals surface area (Å²) in [5, 5.41) is 11.9. The van der Waals surface area contributed by atoms with E-state index in [2.05, 4.69) is 23.7 Å². The summed E-state index contributed by atoms with van der Waals surface area (Å²) in [4.78, 5) is 8.41. The molecule has 3 rings (SSSR count). The molecule has 2 aliphatic heterocycles. The molecule has 0 aliphatic carbocycles. The Labute approximate surface area is 113 Å². The van der Waals surface area contributed by atoms with Gasteiger partial charge in [-0.15, -0.1) is 11.3 Å². The zero-order chi connectivity index (χ0) is 12.8. The highest BCUT2D eigenvalue weighted by atomic mass is 32.1. The Bertz CT molecular complexity index is 426. The molecule has 2 saturated heterocycles. The van der Waals surface area contributed by atoms with Gasteiger partial charge in [-0.05, 0) is 46.1 Å². The van der Waals surface area contributed by atoms with E-state index in [1.54, 1.807) is 11.3 Å². The predicted octanol–water partition coefficient (Wildman–Crippen LogP) is 2.29. The van der Waals surface area contributed by atoms with Crippen molar-refractivity contribution in [2.75, 3.05) is 13.1 Å². The molecule has 1 aromatic heterocycles. The second kappa shape index (κ2) is 4.58. The molecule has 2 atom stereocenters. The molecule has 3 heterocycles. The van der Waals surface area contributed by atoms with E-state index in [0.29, 0.717) is 6.04 Å². The van der Waals surface area contributed by atoms with Crippen molar-refractivity contribution in [2.24, 2.45) is 0 Å². The van der Waals surface area contributed by atoms with Crippen LogP contribution in [0.3, 0.4) is 0 Å². The fraction of sp³-hybridized carbons (Fsp3) is 0.786. The summed E-state index contributed by atoms with van der Waals surface area (Å²) in [6.45, 7) is 6.46. The summed E-state index contributed by atoms with van der Waals surface area (Å²) in [6.07, 6.45) is 5.15. The number of hydrogen-bond donors (Lipinski definition) is 1. The smallest absolute Gasteiger partial charge is 0.0959 e. The molecule has 0 saturated carbocycles. The first-order valence-corrected chi connectivity index (χ1v) is 7.77. The lowest BCUT2D eigenvalue weighted by Crippen LogP contribution is -2.48. The zero-order valence-corrected chi connectivity index (χ0v) is 12.1. The Morgan fingerprint density at radius 2 is 2.28 bits per heavy atom. The maximum atomic E-state index is 10.8. The van der Waals surface area contributed by atoms with Crippen LogP contribution in [0.2, 0.25) is 0 Å². The number of thiazole rings is 1. The second-order valence-electron chi connectivity index (χ2n) is 5.94. The van der Waals surface area contributed by atoms with Gasteiger partial charge in [0.05, 0.1) is 16.3 Å². The van der Waals surface area contributed by atoms with Crippen molar-refractivity contribution >= 4 is 11.3 Å². The molecule has 1 N–H and O–H groups in total. The van der Waals surface area contributed by atoms with Crippen molar-refractivity contribution < 1.29 is 5.11 Å². The van der Waals surface area contributed by atoms with Gasteiger partial charge >= 0.3 is 0 Å². The molecule has 0 amide bonds. The maximum absolute atomic E-state index is 10.8. The summed E-state index contributed by atoms with van der Waals surface area (Å²) >= 11 is 1.75. The largest absolute Gasteiger partial charge is 0.389 e. The van der Waals surface area contributed by atoms with Crippen LogP contribution in [0.1, 0.15) is 41.3 Å². The normalized spacial score (nSPS) is 32.7. The number of rotatable bonds is 2. The molecule has 1 aromatic rings. The van der Waals surface area contributed by atoms with E-state index in [9.17, 15) is 5.11 Å². The summed E-state index contributed by atoms with van der Waals surface area (Å²) in [7, 11) is 0. The highest BCUT2D eigenvalue weighted by molar-refractivity contribution is 7.11. The predicted molar refractivity (Wildman–Crippen MR) is 74.1 cm³/mol. The van der Waals surface area contributed by atoms with Crippen LogP contribution in [0.25, 0.3) is 0 Å². The molecule has 100 valence electrons. The summed E-state index contributed by atoms with van der Waals surface area (Å²) in [5.74, 6) is 0. The van der Waals surface area contributed by atoms with Gasteiger partial charge in [0, 0.05) is 23.9 Å². The van der Waals surface area contributed by atoms with Crippen molar-refractivity contribution in [1.29, 1.82) is 0 Å². The lowest BCUT2D eigenvalue weighted by Gasteiger charge is -2.40. The van der Waals surface area contributed by atoms with Crippen LogP contribution in [0.4, 0.5) is 0 Å². The summed E-state index contributed by atoms with van der Waals surface area (Å²) in [5.41, 5.74) is 0.610. The van der Waals surface area contributed by atoms with E-state index in [1.807, 2.05) is 0 Å². The zero-order valence-electron chi connectivity index (χ0n) is 11.3. The van der Waals surface area contributed by atoms with Gasteiger partial charge in [0.25, 0.3) is 0 Å². The average molecular weight is 266 g/mol. The van der Waals surface area contributed by atoms with E-state index in [-0.39, 0.29) is 0 Å². The van der Waals surface area contributed by atoms with Gasteiger partial charge in [-0.2, -0.15) is 0 Å². The van der Waals surface area contributed by atoms with Crippen LogP contribution in [-0.4, -0.2) is 39.7 Å². The lowest BCUT2D eigenvalue weighted by atomic mass is 9.84. The van der Waals surface area contributed by atoms with E-state index < -0.39 is 5.60 Å². The van der Waals surface area contributed by atoms with Gasteiger partial charge in [0.1, 0.15) is 0 Å². The highest BCUT2D eigenvalue weighted by Crippen LogP contribution is 2.35. The molecule has 18 heavy (non-hydrogen) atoms. The third-order valence-corrected chi connectivity index (χ3v) is 5.60. The molecule has 0 bridgehead atoms. The van der Waals surface area contributed by atoms with Gasteiger partial charge < -0.3 is 10.0 Å². The van der Waals surface area contributed by atoms with Gasteiger partial charge in [0.15, 0.2) is 0 Å². The molecule has 2 fully saturated rings. The maximum Gasteiger partial charge on any atom is 0.0959 e. The van der Waals surface area contributed by atoms with Gasteiger partial charge in [-0.3, -0.25) is 0 Å². The van der Waals surface area contributed by atoms with E-state index in [0.717, 1.165) is 36.5 Å². The second-order valence-corrected chi connectivity index (χ2v) is 7.22. The van der Waals surface area contributed by atoms with Crippen LogP contribution in [0.5, 0.6) is 0 Å². The van der Waals surface area contributed by atoms with Crippen LogP contribution in [0, 0.1) is 13.8 Å². The monoisotopic (exact) mass is 266 g/mol. The Kier molecular flexibility index (Phi) is 3.20. The third kappa shape index (κ3) is 2.33. The molecule has 0 radical (unpaired) electrons. The average Bonchev–Trinajstić information content (AvgIpc) is 2.85. The van der Waals surface area contributed by atoms with E-state index in [1.165, 1.54) is 24.3 Å². The van der Waals surface area contributed by atoms with Crippen LogP contribution in [-0.2, 0) is 6.42 Å². The number of piperidine rings is 1. The molecule has 0 spiro atoms. The number of aliphatic hydroxyl groups is 1. The Balaban J connectivity index is 1.71. The Morgan fingerprint density at radius 3 is 3.00 bits per heavy atom. The molecule has 2 unspecified atom stereocenters. The minimum absolute atomic E-state index is 0.512. The minimum Gasteiger partial charge on any atom is -0.389 e. The Hall–Kier alpha value is -0.450. The molecule has 4 heteroatoms. The fourth-order valence-corrected chi connectivity index (χ4v) is 4.44. The number of nitrogens with zero attached hydrogens (tertiary/aromatic N) is 2. The van der Waals surface area contributed by atoms with Crippen molar-refractivity contribution in [3.63, 3.8) is 0 Å². The van der Waals surface area contributed by atoms with Crippen LogP contribution < -0.4 is 0 Å². The van der Waals surface area contributed by atoms with Crippen LogP contribution in [0.15, 0.2) is 0 Å². The third-order valence-electron chi connectivity index (χ3n) is 4.53. The highest BCUT2D eigenvalue weighted by Gasteiger charge is 2.40. The van der Waals surface area contributed by atoms with Gasteiger partial charge in [-0.1, -0.05) is 0 Å². The number of aryl methyl sites for hydroxylation is 2. The van der Waals surface area contributed by atoms with Gasteiger partial charge in [0.2, 0.25) is 0 Å². The van der Waals surface area contributed by atoms with Crippen molar-refractivity contribution in [3.8, 4) is 0 Å². The first-order chi connectivity index (χ1) is 8.56. The van der Waals surface area contributed by atoms with Gasteiger partial charge in [-0.25, -0.2) is 4.98 Å². The topological polar surface area (TPSA) is 36.4 Å². The minimum atomic E-state index is -0.512. The standard InChI is InChI=1S/C14H22N2OS/c1-10-11(2)18-13(15-10)9-14(17)5-7-16-6-3-4-12(16)8-14/h12,17H,3-9H2,1-2H3. The number of aromatic nitrogens is 1. The van der Waals surface area contributed by atoms with Crippen molar-refractivity contribution in [2.45, 2.75) is 57.6 Å². The van der Waals surface area contributed by atoms with E-state index >= 15 is 0 Å². The van der Waals surface area contributed by atoms with Crippen molar-refractivity contribution in [1.82, 2.24) is 9.88 Å². The lowest BCUT2D eigenvalue weighted by molar-refractivity contribution is -0.0354. The van der Waals surface area contributed by atoms with Crippen molar-refractivity contribution in [3.05, 3.63) is 15.6 Å². The molecule has 2 aliphatic rings. The number of hydrogen-bond acceptors (Lipinski definition) is 4.